The third-order valence-corrected chi connectivity index (χ3v) is 6.07. The highest BCUT2D eigenvalue weighted by Crippen LogP contribution is 2.28. The van der Waals surface area contributed by atoms with Crippen LogP contribution in [0.1, 0.15) is 47.0 Å². The lowest BCUT2D eigenvalue weighted by Crippen LogP contribution is -2.48. The lowest BCUT2D eigenvalue weighted by Gasteiger charge is -2.25. The molecule has 1 atom stereocenters. The maximum atomic E-state index is 13.4. The summed E-state index contributed by atoms with van der Waals surface area (Å²) in [4.78, 5) is 66.1. The summed E-state index contributed by atoms with van der Waals surface area (Å²) in [7, 11) is 1.39. The molecule has 2 aliphatic heterocycles. The van der Waals surface area contributed by atoms with E-state index in [1.165, 1.54) is 25.2 Å². The van der Waals surface area contributed by atoms with Crippen LogP contribution in [0.3, 0.4) is 0 Å². The Kier molecular flexibility index (Phi) is 5.05. The number of hydrogen-bond donors (Lipinski definition) is 1. The van der Waals surface area contributed by atoms with Crippen molar-refractivity contribution in [2.24, 2.45) is 0 Å². The third-order valence-electron chi connectivity index (χ3n) is 6.07. The van der Waals surface area contributed by atoms with Crippen molar-refractivity contribution in [1.29, 1.82) is 0 Å². The Morgan fingerprint density at radius 3 is 1.94 bits per heavy atom. The molecule has 3 aromatic rings. The molecule has 34 heavy (non-hydrogen) atoms. The van der Waals surface area contributed by atoms with Crippen molar-refractivity contribution >= 4 is 35.2 Å². The Morgan fingerprint density at radius 2 is 1.29 bits per heavy atom. The second-order valence-corrected chi connectivity index (χ2v) is 8.15. The minimum absolute atomic E-state index is 0.114. The number of benzene rings is 3. The molecule has 168 valence electrons. The van der Waals surface area contributed by atoms with Gasteiger partial charge in [0.15, 0.2) is 0 Å². The van der Waals surface area contributed by atoms with E-state index < -0.39 is 35.6 Å². The average Bonchev–Trinajstić information content (AvgIpc) is 3.23. The summed E-state index contributed by atoms with van der Waals surface area (Å²) in [6.07, 6.45) is 0.114. The second kappa shape index (κ2) is 8.08. The highest BCUT2D eigenvalue weighted by molar-refractivity contribution is 6.24. The number of amides is 5. The molecule has 0 radical (unpaired) electrons. The summed E-state index contributed by atoms with van der Waals surface area (Å²) in [5.41, 5.74) is 2.01. The standard InChI is InChI=1S/C26H19N3O5/c1-28-23(31)19-12-11-16(14-20(19)24(28)32)27-22(30)21(13-15-7-3-2-4-8-15)29-25(33)17-9-5-6-10-18(17)26(29)34/h2-12,14,21H,13H2,1H3,(H,27,30)/t21-/m0/s1. The molecule has 0 spiro atoms. The number of nitrogens with one attached hydrogen (secondary N) is 1. The summed E-state index contributed by atoms with van der Waals surface area (Å²) in [6.45, 7) is 0. The number of fused-ring (bicyclic) bond motifs is 2. The predicted octanol–water partition coefficient (Wildman–Crippen LogP) is 2.76. The van der Waals surface area contributed by atoms with Gasteiger partial charge in [0, 0.05) is 19.2 Å². The van der Waals surface area contributed by atoms with Crippen molar-refractivity contribution in [3.8, 4) is 0 Å². The van der Waals surface area contributed by atoms with Crippen LogP contribution in [-0.2, 0) is 11.2 Å². The van der Waals surface area contributed by atoms with Crippen LogP contribution in [0.25, 0.3) is 0 Å². The quantitative estimate of drug-likeness (QED) is 0.599. The normalized spacial score (nSPS) is 15.4. The molecule has 5 amide bonds. The number of nitrogens with zero attached hydrogens (tertiary/aromatic N) is 2. The second-order valence-electron chi connectivity index (χ2n) is 8.15. The largest absolute Gasteiger partial charge is 0.324 e. The van der Waals surface area contributed by atoms with Gasteiger partial charge < -0.3 is 5.32 Å². The van der Waals surface area contributed by atoms with Gasteiger partial charge in [0.2, 0.25) is 5.91 Å². The highest BCUT2D eigenvalue weighted by Gasteiger charge is 2.43. The topological polar surface area (TPSA) is 104 Å². The maximum Gasteiger partial charge on any atom is 0.262 e. The van der Waals surface area contributed by atoms with Gasteiger partial charge in [0.1, 0.15) is 6.04 Å². The molecule has 0 aliphatic carbocycles. The van der Waals surface area contributed by atoms with Crippen molar-refractivity contribution in [2.75, 3.05) is 12.4 Å². The lowest BCUT2D eigenvalue weighted by molar-refractivity contribution is -0.119. The lowest BCUT2D eigenvalue weighted by atomic mass is 10.0. The van der Waals surface area contributed by atoms with Crippen LogP contribution in [-0.4, -0.2) is 52.4 Å². The van der Waals surface area contributed by atoms with Crippen LogP contribution >= 0.6 is 0 Å². The molecule has 0 unspecified atom stereocenters. The Balaban J connectivity index is 1.48. The van der Waals surface area contributed by atoms with Crippen molar-refractivity contribution in [3.05, 3.63) is 101 Å². The molecule has 5 rings (SSSR count). The Morgan fingerprint density at radius 1 is 0.735 bits per heavy atom. The predicted molar refractivity (Wildman–Crippen MR) is 122 cm³/mol. The van der Waals surface area contributed by atoms with Crippen LogP contribution in [0.4, 0.5) is 5.69 Å². The van der Waals surface area contributed by atoms with E-state index in [-0.39, 0.29) is 34.4 Å². The average molecular weight is 453 g/mol. The van der Waals surface area contributed by atoms with Gasteiger partial charge in [-0.25, -0.2) is 0 Å². The highest BCUT2D eigenvalue weighted by atomic mass is 16.2. The molecule has 3 aromatic carbocycles. The molecule has 0 saturated heterocycles. The molecule has 8 nitrogen and oxygen atoms in total. The number of rotatable bonds is 5. The number of imide groups is 2. The first-order valence-corrected chi connectivity index (χ1v) is 10.6. The van der Waals surface area contributed by atoms with Crippen LogP contribution in [0.15, 0.2) is 72.8 Å². The smallest absolute Gasteiger partial charge is 0.262 e. The molecule has 0 bridgehead atoms. The van der Waals surface area contributed by atoms with Crippen LogP contribution in [0.5, 0.6) is 0 Å². The number of hydrogen-bond acceptors (Lipinski definition) is 5. The molecule has 2 heterocycles. The van der Waals surface area contributed by atoms with Gasteiger partial charge in [-0.2, -0.15) is 0 Å². The molecular weight excluding hydrogens is 434 g/mol. The van der Waals surface area contributed by atoms with Gasteiger partial charge >= 0.3 is 0 Å². The van der Waals surface area contributed by atoms with Crippen molar-refractivity contribution in [1.82, 2.24) is 9.80 Å². The van der Waals surface area contributed by atoms with Gasteiger partial charge in [0.05, 0.1) is 22.3 Å². The van der Waals surface area contributed by atoms with Gasteiger partial charge in [-0.3, -0.25) is 33.8 Å². The molecule has 0 aromatic heterocycles. The maximum absolute atomic E-state index is 13.4. The van der Waals surface area contributed by atoms with E-state index in [4.69, 9.17) is 0 Å². The summed E-state index contributed by atoms with van der Waals surface area (Å²) in [5, 5.41) is 2.72. The number of carbonyl (C=O) groups excluding carboxylic acids is 5. The van der Waals surface area contributed by atoms with Crippen molar-refractivity contribution in [2.45, 2.75) is 12.5 Å². The van der Waals surface area contributed by atoms with E-state index in [9.17, 15) is 24.0 Å². The Bertz CT molecular complexity index is 1350. The van der Waals surface area contributed by atoms with Crippen molar-refractivity contribution in [3.63, 3.8) is 0 Å². The number of anilines is 1. The van der Waals surface area contributed by atoms with Gasteiger partial charge in [-0.15, -0.1) is 0 Å². The molecule has 1 N–H and O–H groups in total. The zero-order valence-corrected chi connectivity index (χ0v) is 18.1. The van der Waals surface area contributed by atoms with E-state index >= 15 is 0 Å². The number of carbonyl (C=O) groups is 5. The van der Waals surface area contributed by atoms with E-state index in [1.807, 2.05) is 30.3 Å². The summed E-state index contributed by atoms with van der Waals surface area (Å²) in [6, 6.07) is 18.8. The zero-order valence-electron chi connectivity index (χ0n) is 18.1. The Hall–Kier alpha value is -4.59. The van der Waals surface area contributed by atoms with Crippen LogP contribution in [0, 0.1) is 0 Å². The van der Waals surface area contributed by atoms with Crippen molar-refractivity contribution < 1.29 is 24.0 Å². The minimum atomic E-state index is -1.12. The van der Waals surface area contributed by atoms with Gasteiger partial charge in [-0.05, 0) is 35.9 Å². The molecule has 0 saturated carbocycles. The summed E-state index contributed by atoms with van der Waals surface area (Å²) in [5.74, 6) is -2.52. The van der Waals surface area contributed by atoms with Crippen LogP contribution < -0.4 is 5.32 Å². The molecular formula is C26H19N3O5. The SMILES string of the molecule is CN1C(=O)c2ccc(NC(=O)[C@H](Cc3ccccc3)N3C(=O)c4ccccc4C3=O)cc2C1=O. The van der Waals surface area contributed by atoms with E-state index in [0.717, 1.165) is 15.4 Å². The van der Waals surface area contributed by atoms with E-state index in [2.05, 4.69) is 5.32 Å². The van der Waals surface area contributed by atoms with E-state index in [0.29, 0.717) is 0 Å². The molecule has 2 aliphatic rings. The zero-order chi connectivity index (χ0) is 24.0. The fraction of sp³-hybridized carbons (Fsp3) is 0.115. The third kappa shape index (κ3) is 3.36. The first kappa shape index (κ1) is 21.3. The molecule has 8 heteroatoms. The monoisotopic (exact) mass is 453 g/mol. The van der Waals surface area contributed by atoms with Gasteiger partial charge in [-0.1, -0.05) is 42.5 Å². The fourth-order valence-corrected chi connectivity index (χ4v) is 4.29. The summed E-state index contributed by atoms with van der Waals surface area (Å²) >= 11 is 0. The first-order valence-electron chi connectivity index (χ1n) is 10.6. The molecule has 0 fully saturated rings. The van der Waals surface area contributed by atoms with Crippen LogP contribution in [0.2, 0.25) is 0 Å². The summed E-state index contributed by atoms with van der Waals surface area (Å²) < 4.78 is 0. The van der Waals surface area contributed by atoms with Gasteiger partial charge in [0.25, 0.3) is 23.6 Å². The van der Waals surface area contributed by atoms with E-state index in [1.54, 1.807) is 24.3 Å². The fourth-order valence-electron chi connectivity index (χ4n) is 4.29. The minimum Gasteiger partial charge on any atom is -0.324 e. The Labute approximate surface area is 194 Å². The first-order chi connectivity index (χ1) is 16.4.